The molecule has 14 heavy (non-hydrogen) atoms. The van der Waals surface area contributed by atoms with Crippen molar-refractivity contribution in [3.05, 3.63) is 35.9 Å². The summed E-state index contributed by atoms with van der Waals surface area (Å²) >= 11 is 0.0321. The smallest absolute Gasteiger partial charge is 0.487 e. The third kappa shape index (κ3) is 2.48. The van der Waals surface area contributed by atoms with Gasteiger partial charge in [-0.15, -0.1) is 0 Å². The van der Waals surface area contributed by atoms with Crippen molar-refractivity contribution >= 4 is 15.8 Å². The first-order valence-corrected chi connectivity index (χ1v) is 5.53. The number of hydrogen-bond donors (Lipinski definition) is 0. The van der Waals surface area contributed by atoms with Crippen LogP contribution in [-0.2, 0) is 24.9 Å². The normalized spacial score (nSPS) is 26.7. The van der Waals surface area contributed by atoms with Crippen molar-refractivity contribution in [3.8, 4) is 0 Å². The zero-order valence-electron chi connectivity index (χ0n) is 8.38. The summed E-state index contributed by atoms with van der Waals surface area (Å²) < 4.78 is 8.08. The van der Waals surface area contributed by atoms with Gasteiger partial charge in [0.05, 0.1) is 6.10 Å². The van der Waals surface area contributed by atoms with E-state index in [9.17, 15) is 0 Å². The van der Waals surface area contributed by atoms with Crippen LogP contribution in [0.25, 0.3) is 0 Å². The van der Waals surface area contributed by atoms with Crippen LogP contribution in [0.2, 0.25) is 0 Å². The molecule has 2 atom stereocenters. The minimum Gasteiger partial charge on any atom is -0.487 e. The Kier molecular flexibility index (Phi) is 4.84. The van der Waals surface area contributed by atoms with Crippen molar-refractivity contribution in [1.82, 2.24) is 3.88 Å². The van der Waals surface area contributed by atoms with Crippen molar-refractivity contribution < 1.29 is 24.9 Å². The van der Waals surface area contributed by atoms with Crippen LogP contribution in [0.1, 0.15) is 18.6 Å². The van der Waals surface area contributed by atoms with E-state index in [0.717, 1.165) is 0 Å². The van der Waals surface area contributed by atoms with E-state index in [0.29, 0.717) is 6.04 Å². The summed E-state index contributed by atoms with van der Waals surface area (Å²) in [5.74, 6) is 0. The number of hydrogen-bond acceptors (Lipinski definition) is 2. The topological polar surface area (TPSA) is 12.5 Å². The fourth-order valence-electron chi connectivity index (χ4n) is 1.58. The van der Waals surface area contributed by atoms with E-state index >= 15 is 0 Å². The van der Waals surface area contributed by atoms with Gasteiger partial charge in [0, 0.05) is 27.1 Å². The van der Waals surface area contributed by atoms with Gasteiger partial charge in [0.2, 0.25) is 0 Å². The molecular formula is C10H13AlNOW. The first-order chi connectivity index (χ1) is 6.29. The molecule has 1 aromatic rings. The second kappa shape index (κ2) is 5.45. The summed E-state index contributed by atoms with van der Waals surface area (Å²) in [5, 5.41) is 0. The summed E-state index contributed by atoms with van der Waals surface area (Å²) in [5.41, 5.74) is 1.30. The zero-order chi connectivity index (χ0) is 9.26. The van der Waals surface area contributed by atoms with Gasteiger partial charge in [0.1, 0.15) is 0 Å². The van der Waals surface area contributed by atoms with E-state index in [1.165, 1.54) is 5.56 Å². The predicted molar refractivity (Wildman–Crippen MR) is 53.2 cm³/mol. The summed E-state index contributed by atoms with van der Waals surface area (Å²) in [6.45, 7) is 2.22. The number of benzene rings is 1. The molecule has 0 aliphatic carbocycles. The fraction of sp³-hybridized carbons (Fsp3) is 0.400. The fourth-order valence-corrected chi connectivity index (χ4v) is 2.64. The molecule has 0 bridgehead atoms. The number of likely N-dealkylation sites (N-methyl/N-ethyl adjacent to an activating group) is 1. The van der Waals surface area contributed by atoms with Crippen LogP contribution in [0.4, 0.5) is 0 Å². The van der Waals surface area contributed by atoms with Gasteiger partial charge in [-0.2, -0.15) is 0 Å². The van der Waals surface area contributed by atoms with E-state index in [-0.39, 0.29) is 42.9 Å². The number of nitrogens with zero attached hydrogens (tertiary/aromatic N) is 1. The quantitative estimate of drug-likeness (QED) is 0.693. The van der Waals surface area contributed by atoms with Crippen LogP contribution in [0, 0.1) is 0 Å². The molecule has 0 unspecified atom stereocenters. The molecule has 1 fully saturated rings. The van der Waals surface area contributed by atoms with Gasteiger partial charge in [0.25, 0.3) is 0 Å². The molecule has 1 aliphatic heterocycles. The molecule has 1 aromatic carbocycles. The second-order valence-electron chi connectivity index (χ2n) is 3.48. The minimum atomic E-state index is 0. The van der Waals surface area contributed by atoms with Crippen molar-refractivity contribution in [2.45, 2.75) is 19.1 Å². The maximum atomic E-state index is 5.77. The standard InChI is InChI=1S/C10H13NO.Al.W/c1-8(11-2)10(12)9-6-4-3-5-7-9;;/h3-8,10H,1-2H3;;/q-2;+2;/t8-,10+;;/m1../s1. The molecule has 0 N–H and O–H groups in total. The van der Waals surface area contributed by atoms with E-state index in [1.54, 1.807) is 0 Å². The van der Waals surface area contributed by atoms with Crippen LogP contribution in [0.5, 0.6) is 0 Å². The van der Waals surface area contributed by atoms with E-state index in [2.05, 4.69) is 42.1 Å². The molecule has 0 saturated carbocycles. The largest absolute Gasteiger partial charge is 0.560 e. The second-order valence-corrected chi connectivity index (χ2v) is 4.78. The first kappa shape index (κ1) is 12.4. The summed E-state index contributed by atoms with van der Waals surface area (Å²) in [4.78, 5) is 0. The van der Waals surface area contributed by atoms with E-state index in [4.69, 9.17) is 3.79 Å². The average molecular weight is 374 g/mol. The van der Waals surface area contributed by atoms with E-state index in [1.807, 2.05) is 6.07 Å². The van der Waals surface area contributed by atoms with Gasteiger partial charge in [-0.1, -0.05) is 30.3 Å². The maximum Gasteiger partial charge on any atom is 0.560 e. The Labute approximate surface area is 106 Å². The van der Waals surface area contributed by atoms with Crippen LogP contribution < -0.4 is 0 Å². The monoisotopic (exact) mass is 374 g/mol. The van der Waals surface area contributed by atoms with Gasteiger partial charge in [0.15, 0.2) is 0 Å². The molecule has 2 rings (SSSR count). The Morgan fingerprint density at radius 1 is 1.29 bits per heavy atom. The summed E-state index contributed by atoms with van der Waals surface area (Å²) in [6, 6.07) is 11.0. The van der Waals surface area contributed by atoms with Gasteiger partial charge in [-0.3, -0.25) is 0 Å². The van der Waals surface area contributed by atoms with Crippen molar-refractivity contribution in [1.29, 1.82) is 0 Å². The Hall–Kier alpha value is 0.361. The Morgan fingerprint density at radius 2 is 1.93 bits per heavy atom. The van der Waals surface area contributed by atoms with Crippen LogP contribution in [0.3, 0.4) is 0 Å². The van der Waals surface area contributed by atoms with Crippen LogP contribution >= 0.6 is 0 Å². The Bertz CT molecular complexity index is 283. The van der Waals surface area contributed by atoms with Crippen LogP contribution in [0.15, 0.2) is 30.3 Å². The van der Waals surface area contributed by atoms with Gasteiger partial charge in [-0.25, -0.2) is 0 Å². The van der Waals surface area contributed by atoms with Crippen molar-refractivity contribution in [2.24, 2.45) is 0 Å². The average Bonchev–Trinajstić information content (AvgIpc) is 2.49. The van der Waals surface area contributed by atoms with Gasteiger partial charge in [-0.05, 0) is 19.5 Å². The molecule has 0 aromatic heterocycles. The zero-order valence-corrected chi connectivity index (χ0v) is 12.5. The van der Waals surface area contributed by atoms with Gasteiger partial charge >= 0.3 is 15.8 Å². The predicted octanol–water partition coefficient (Wildman–Crippen LogP) is 1.61. The van der Waals surface area contributed by atoms with Crippen molar-refractivity contribution in [3.63, 3.8) is 0 Å². The SMILES string of the molecule is C[C@@H]1[C@@H](c2ccccc2)[O][Al][N]1C.[W]. The van der Waals surface area contributed by atoms with E-state index < -0.39 is 0 Å². The third-order valence-corrected chi connectivity index (χ3v) is 3.80. The molecule has 73 valence electrons. The number of rotatable bonds is 1. The molecule has 4 heteroatoms. The first-order valence-electron chi connectivity index (χ1n) is 4.55. The Morgan fingerprint density at radius 3 is 2.43 bits per heavy atom. The van der Waals surface area contributed by atoms with Gasteiger partial charge < -0.3 is 7.67 Å². The molecule has 0 amide bonds. The molecule has 2 nitrogen and oxygen atoms in total. The molecule has 0 spiro atoms. The third-order valence-electron chi connectivity index (χ3n) is 2.58. The van der Waals surface area contributed by atoms with Crippen molar-refractivity contribution in [2.75, 3.05) is 7.05 Å². The maximum absolute atomic E-state index is 5.77. The summed E-state index contributed by atoms with van der Waals surface area (Å²) in [7, 11) is 2.13. The molecule has 1 saturated heterocycles. The Balaban J connectivity index is 0.000000980. The summed E-state index contributed by atoms with van der Waals surface area (Å²) in [6.07, 6.45) is 0.279. The molecule has 1 aliphatic rings. The molecule has 1 heterocycles. The molecular weight excluding hydrogens is 361 g/mol. The minimum absolute atomic E-state index is 0. The molecule has 1 radical (unpaired) electrons. The van der Waals surface area contributed by atoms with Crippen LogP contribution in [-0.4, -0.2) is 32.7 Å².